The minimum Gasteiger partial charge on any atom is -0.338 e. The van der Waals surface area contributed by atoms with Crippen molar-refractivity contribution in [3.63, 3.8) is 0 Å². The molecule has 0 amide bonds. The molecule has 1 aliphatic heterocycles. The molecule has 0 saturated carbocycles. The fraction of sp³-hybridized carbons (Fsp3) is 0.429. The van der Waals surface area contributed by atoms with Gasteiger partial charge in [0.05, 0.1) is 12.2 Å². The van der Waals surface area contributed by atoms with Gasteiger partial charge in [0.2, 0.25) is 11.7 Å². The molecule has 1 aliphatic rings. The molecule has 4 rings (SSSR count). The highest BCUT2D eigenvalue weighted by atomic mass is 16.5. The maximum atomic E-state index is 5.50. The monoisotopic (exact) mass is 378 g/mol. The van der Waals surface area contributed by atoms with E-state index in [-0.39, 0.29) is 0 Å². The average molecular weight is 378 g/mol. The Balaban J connectivity index is 1.37. The molecular weight excluding hydrogens is 352 g/mol. The third kappa shape index (κ3) is 4.26. The highest BCUT2D eigenvalue weighted by Crippen LogP contribution is 2.22. The summed E-state index contributed by atoms with van der Waals surface area (Å²) in [5.74, 6) is 1.30. The maximum Gasteiger partial charge on any atom is 0.241 e. The van der Waals surface area contributed by atoms with Crippen molar-refractivity contribution in [3.8, 4) is 22.6 Å². The Morgan fingerprint density at radius 1 is 1.04 bits per heavy atom. The van der Waals surface area contributed by atoms with Crippen LogP contribution < -0.4 is 0 Å². The van der Waals surface area contributed by atoms with Crippen molar-refractivity contribution in [2.45, 2.75) is 32.9 Å². The van der Waals surface area contributed by atoms with Crippen molar-refractivity contribution in [2.75, 3.05) is 26.2 Å². The van der Waals surface area contributed by atoms with Gasteiger partial charge in [-0.15, -0.1) is 0 Å². The third-order valence-electron chi connectivity index (χ3n) is 5.47. The molecular formula is C21H26N6O. The SMILES string of the molecule is CC[C@H](C)N1CCN(Cc2nc(-c3ccc(-c4ccncn4)cc3)no2)CC1. The summed E-state index contributed by atoms with van der Waals surface area (Å²) < 4.78 is 5.50. The summed E-state index contributed by atoms with van der Waals surface area (Å²) in [6.45, 7) is 9.53. The van der Waals surface area contributed by atoms with E-state index in [0.717, 1.165) is 43.0 Å². The van der Waals surface area contributed by atoms with Crippen LogP contribution in [0.1, 0.15) is 26.2 Å². The summed E-state index contributed by atoms with van der Waals surface area (Å²) in [5.41, 5.74) is 2.87. The number of benzene rings is 1. The van der Waals surface area contributed by atoms with Gasteiger partial charge in [-0.25, -0.2) is 9.97 Å². The lowest BCUT2D eigenvalue weighted by molar-refractivity contribution is 0.0892. The van der Waals surface area contributed by atoms with Crippen molar-refractivity contribution < 1.29 is 4.52 Å². The zero-order valence-corrected chi connectivity index (χ0v) is 16.5. The number of hydrogen-bond donors (Lipinski definition) is 0. The molecule has 0 radical (unpaired) electrons. The van der Waals surface area contributed by atoms with Gasteiger partial charge in [0, 0.05) is 49.5 Å². The van der Waals surface area contributed by atoms with E-state index >= 15 is 0 Å². The van der Waals surface area contributed by atoms with Gasteiger partial charge in [-0.2, -0.15) is 4.98 Å². The number of nitrogens with zero attached hydrogens (tertiary/aromatic N) is 6. The lowest BCUT2D eigenvalue weighted by atomic mass is 10.1. The first-order chi connectivity index (χ1) is 13.7. The second kappa shape index (κ2) is 8.58. The predicted octanol–water partition coefficient (Wildman–Crippen LogP) is 3.11. The highest BCUT2D eigenvalue weighted by Gasteiger charge is 2.21. The minimum absolute atomic E-state index is 0.627. The van der Waals surface area contributed by atoms with Crippen molar-refractivity contribution in [2.24, 2.45) is 0 Å². The molecule has 1 fully saturated rings. The zero-order chi connectivity index (χ0) is 19.3. The van der Waals surface area contributed by atoms with E-state index in [1.165, 1.54) is 6.42 Å². The van der Waals surface area contributed by atoms with Gasteiger partial charge in [-0.3, -0.25) is 9.80 Å². The van der Waals surface area contributed by atoms with E-state index in [1.807, 2.05) is 30.3 Å². The topological polar surface area (TPSA) is 71.2 Å². The van der Waals surface area contributed by atoms with Crippen molar-refractivity contribution in [3.05, 3.63) is 48.7 Å². The molecule has 0 aliphatic carbocycles. The Kier molecular flexibility index (Phi) is 5.73. The van der Waals surface area contributed by atoms with Crippen LogP contribution in [0.3, 0.4) is 0 Å². The number of rotatable bonds is 6. The molecule has 7 heteroatoms. The smallest absolute Gasteiger partial charge is 0.241 e. The van der Waals surface area contributed by atoms with Crippen LogP contribution in [0.25, 0.3) is 22.6 Å². The lowest BCUT2D eigenvalue weighted by Gasteiger charge is -2.37. The van der Waals surface area contributed by atoms with Gasteiger partial charge in [-0.1, -0.05) is 36.3 Å². The average Bonchev–Trinajstić information content (AvgIpc) is 3.23. The summed E-state index contributed by atoms with van der Waals surface area (Å²) in [5, 5.41) is 4.16. The molecule has 1 aromatic carbocycles. The van der Waals surface area contributed by atoms with Gasteiger partial charge >= 0.3 is 0 Å². The quantitative estimate of drug-likeness (QED) is 0.652. The highest BCUT2D eigenvalue weighted by molar-refractivity contribution is 5.64. The van der Waals surface area contributed by atoms with Gasteiger partial charge < -0.3 is 4.52 Å². The number of aromatic nitrogens is 4. The van der Waals surface area contributed by atoms with Crippen LogP contribution >= 0.6 is 0 Å². The Morgan fingerprint density at radius 2 is 1.79 bits per heavy atom. The molecule has 1 saturated heterocycles. The van der Waals surface area contributed by atoms with E-state index in [1.54, 1.807) is 12.5 Å². The predicted molar refractivity (Wildman–Crippen MR) is 107 cm³/mol. The van der Waals surface area contributed by atoms with E-state index < -0.39 is 0 Å². The summed E-state index contributed by atoms with van der Waals surface area (Å²) in [6.07, 6.45) is 4.49. The van der Waals surface area contributed by atoms with E-state index in [9.17, 15) is 0 Å². The first-order valence-corrected chi connectivity index (χ1v) is 9.88. The van der Waals surface area contributed by atoms with E-state index in [0.29, 0.717) is 24.3 Å². The van der Waals surface area contributed by atoms with Crippen molar-refractivity contribution >= 4 is 0 Å². The third-order valence-corrected chi connectivity index (χ3v) is 5.47. The summed E-state index contributed by atoms with van der Waals surface area (Å²) >= 11 is 0. The number of piperazine rings is 1. The van der Waals surface area contributed by atoms with Gasteiger partial charge in [-0.05, 0) is 19.4 Å². The van der Waals surface area contributed by atoms with Crippen LogP contribution in [0.4, 0.5) is 0 Å². The first-order valence-electron chi connectivity index (χ1n) is 9.88. The van der Waals surface area contributed by atoms with Crippen molar-refractivity contribution in [1.29, 1.82) is 0 Å². The molecule has 0 bridgehead atoms. The van der Waals surface area contributed by atoms with Gasteiger partial charge in [0.1, 0.15) is 6.33 Å². The summed E-state index contributed by atoms with van der Waals surface area (Å²) in [4.78, 5) is 17.7. The van der Waals surface area contributed by atoms with Crippen molar-refractivity contribution in [1.82, 2.24) is 29.9 Å². The second-order valence-corrected chi connectivity index (χ2v) is 7.25. The molecule has 146 valence electrons. The van der Waals surface area contributed by atoms with Gasteiger partial charge in [0.15, 0.2) is 0 Å². The Bertz CT molecular complexity index is 871. The first kappa shape index (κ1) is 18.7. The molecule has 3 heterocycles. The Morgan fingerprint density at radius 3 is 2.46 bits per heavy atom. The fourth-order valence-electron chi connectivity index (χ4n) is 3.50. The standard InChI is InChI=1S/C21H26N6O/c1-3-16(2)27-12-10-26(11-13-27)14-20-24-21(25-28-20)18-6-4-17(5-7-18)19-8-9-22-15-23-19/h4-9,15-16H,3,10-14H2,1-2H3/t16-/m0/s1. The van der Waals surface area contributed by atoms with E-state index in [4.69, 9.17) is 4.52 Å². The molecule has 1 atom stereocenters. The number of hydrogen-bond acceptors (Lipinski definition) is 7. The van der Waals surface area contributed by atoms with Crippen LogP contribution in [0.15, 0.2) is 47.4 Å². The van der Waals surface area contributed by atoms with Crippen LogP contribution in [0.2, 0.25) is 0 Å². The minimum atomic E-state index is 0.627. The molecule has 0 unspecified atom stereocenters. The van der Waals surface area contributed by atoms with Crippen LogP contribution in [0.5, 0.6) is 0 Å². The van der Waals surface area contributed by atoms with E-state index in [2.05, 4.69) is 43.8 Å². The molecule has 28 heavy (non-hydrogen) atoms. The molecule has 7 nitrogen and oxygen atoms in total. The molecule has 0 N–H and O–H groups in total. The second-order valence-electron chi connectivity index (χ2n) is 7.25. The molecule has 3 aromatic rings. The lowest BCUT2D eigenvalue weighted by Crippen LogP contribution is -2.49. The summed E-state index contributed by atoms with van der Waals surface area (Å²) in [7, 11) is 0. The van der Waals surface area contributed by atoms with Crippen LogP contribution in [0, 0.1) is 0 Å². The normalized spacial score (nSPS) is 16.9. The van der Waals surface area contributed by atoms with Crippen LogP contribution in [-0.4, -0.2) is 62.1 Å². The van der Waals surface area contributed by atoms with Gasteiger partial charge in [0.25, 0.3) is 0 Å². The molecule has 2 aromatic heterocycles. The zero-order valence-electron chi connectivity index (χ0n) is 16.5. The molecule has 0 spiro atoms. The van der Waals surface area contributed by atoms with Crippen LogP contribution in [-0.2, 0) is 6.54 Å². The fourth-order valence-corrected chi connectivity index (χ4v) is 3.50. The maximum absolute atomic E-state index is 5.50. The Hall–Kier alpha value is -2.64. The Labute approximate surface area is 165 Å². The largest absolute Gasteiger partial charge is 0.338 e. The summed E-state index contributed by atoms with van der Waals surface area (Å²) in [6, 6.07) is 10.6.